The third-order valence-electron chi connectivity index (χ3n) is 4.96. The SMILES string of the molecule is CCNC(=O)COc1cccc(CN=C(NCC)NC2CCN(CC(C)C)CC2)c1. The fourth-order valence-electron chi connectivity index (χ4n) is 3.59. The minimum atomic E-state index is -0.112. The lowest BCUT2D eigenvalue weighted by Gasteiger charge is -2.34. The number of hydrogen-bond donors (Lipinski definition) is 3. The van der Waals surface area contributed by atoms with Crippen LogP contribution in [0.4, 0.5) is 0 Å². The highest BCUT2D eigenvalue weighted by Gasteiger charge is 2.20. The molecule has 0 bridgehead atoms. The summed E-state index contributed by atoms with van der Waals surface area (Å²) >= 11 is 0. The zero-order valence-electron chi connectivity index (χ0n) is 19.0. The van der Waals surface area contributed by atoms with E-state index in [9.17, 15) is 4.79 Å². The molecule has 1 aliphatic rings. The molecule has 1 amide bonds. The largest absolute Gasteiger partial charge is 0.484 e. The molecule has 0 radical (unpaired) electrons. The number of amides is 1. The monoisotopic (exact) mass is 417 g/mol. The van der Waals surface area contributed by atoms with Gasteiger partial charge in [0, 0.05) is 38.8 Å². The summed E-state index contributed by atoms with van der Waals surface area (Å²) in [5, 5.41) is 9.68. The quantitative estimate of drug-likeness (QED) is 0.402. The molecule has 0 aliphatic carbocycles. The lowest BCUT2D eigenvalue weighted by Crippen LogP contribution is -2.49. The molecule has 7 nitrogen and oxygen atoms in total. The van der Waals surface area contributed by atoms with Gasteiger partial charge in [-0.3, -0.25) is 4.79 Å². The first-order valence-corrected chi connectivity index (χ1v) is 11.3. The molecular formula is C23H39N5O2. The van der Waals surface area contributed by atoms with Gasteiger partial charge in [0.2, 0.25) is 0 Å². The predicted octanol–water partition coefficient (Wildman–Crippen LogP) is 2.38. The number of hydrogen-bond acceptors (Lipinski definition) is 4. The molecule has 168 valence electrons. The van der Waals surface area contributed by atoms with Crippen molar-refractivity contribution in [2.24, 2.45) is 10.9 Å². The van der Waals surface area contributed by atoms with Crippen molar-refractivity contribution in [2.45, 2.75) is 53.1 Å². The van der Waals surface area contributed by atoms with Crippen molar-refractivity contribution in [3.63, 3.8) is 0 Å². The van der Waals surface area contributed by atoms with Crippen LogP contribution in [0.5, 0.6) is 5.75 Å². The summed E-state index contributed by atoms with van der Waals surface area (Å²) in [6.45, 7) is 14.0. The first-order chi connectivity index (χ1) is 14.5. The van der Waals surface area contributed by atoms with E-state index in [1.165, 1.54) is 6.54 Å². The van der Waals surface area contributed by atoms with E-state index in [2.05, 4.69) is 41.6 Å². The van der Waals surface area contributed by atoms with Gasteiger partial charge in [-0.2, -0.15) is 0 Å². The van der Waals surface area contributed by atoms with Gasteiger partial charge in [-0.15, -0.1) is 0 Å². The van der Waals surface area contributed by atoms with Gasteiger partial charge in [0.25, 0.3) is 5.91 Å². The Morgan fingerprint density at radius 3 is 2.60 bits per heavy atom. The van der Waals surface area contributed by atoms with Crippen LogP contribution < -0.4 is 20.7 Å². The number of likely N-dealkylation sites (N-methyl/N-ethyl adjacent to an activating group) is 1. The zero-order chi connectivity index (χ0) is 21.8. The van der Waals surface area contributed by atoms with Gasteiger partial charge in [-0.05, 0) is 50.3 Å². The number of likely N-dealkylation sites (tertiary alicyclic amines) is 1. The van der Waals surface area contributed by atoms with Crippen LogP contribution >= 0.6 is 0 Å². The molecule has 3 N–H and O–H groups in total. The Morgan fingerprint density at radius 2 is 1.93 bits per heavy atom. The second-order valence-electron chi connectivity index (χ2n) is 8.20. The minimum absolute atomic E-state index is 0.0280. The molecule has 0 aromatic heterocycles. The maximum Gasteiger partial charge on any atom is 0.257 e. The Morgan fingerprint density at radius 1 is 1.20 bits per heavy atom. The zero-order valence-corrected chi connectivity index (χ0v) is 19.0. The van der Waals surface area contributed by atoms with Crippen LogP contribution in [0.15, 0.2) is 29.3 Å². The number of guanidine groups is 1. The minimum Gasteiger partial charge on any atom is -0.484 e. The van der Waals surface area contributed by atoms with E-state index in [1.54, 1.807) is 0 Å². The number of aliphatic imine (C=N–C) groups is 1. The Balaban J connectivity index is 1.87. The Hall–Kier alpha value is -2.28. The topological polar surface area (TPSA) is 78.0 Å². The maximum absolute atomic E-state index is 11.6. The number of nitrogens with one attached hydrogen (secondary N) is 3. The fraction of sp³-hybridized carbons (Fsp3) is 0.652. The van der Waals surface area contributed by atoms with Crippen molar-refractivity contribution < 1.29 is 9.53 Å². The van der Waals surface area contributed by atoms with Crippen molar-refractivity contribution in [2.75, 3.05) is 39.3 Å². The van der Waals surface area contributed by atoms with Gasteiger partial charge < -0.3 is 25.6 Å². The van der Waals surface area contributed by atoms with E-state index in [-0.39, 0.29) is 12.5 Å². The first-order valence-electron chi connectivity index (χ1n) is 11.3. The third kappa shape index (κ3) is 9.03. The van der Waals surface area contributed by atoms with Crippen LogP contribution in [0, 0.1) is 5.92 Å². The number of rotatable bonds is 10. The number of carbonyl (C=O) groups is 1. The summed E-state index contributed by atoms with van der Waals surface area (Å²) in [6.07, 6.45) is 2.28. The van der Waals surface area contributed by atoms with Gasteiger partial charge in [0.15, 0.2) is 12.6 Å². The molecule has 2 rings (SSSR count). The second kappa shape index (κ2) is 13.1. The third-order valence-corrected chi connectivity index (χ3v) is 4.96. The summed E-state index contributed by atoms with van der Waals surface area (Å²) in [4.78, 5) is 18.9. The van der Waals surface area contributed by atoms with Crippen molar-refractivity contribution in [1.29, 1.82) is 0 Å². The van der Waals surface area contributed by atoms with Gasteiger partial charge in [0.1, 0.15) is 5.75 Å². The molecule has 1 saturated heterocycles. The van der Waals surface area contributed by atoms with E-state index in [4.69, 9.17) is 9.73 Å². The highest BCUT2D eigenvalue weighted by Crippen LogP contribution is 2.15. The summed E-state index contributed by atoms with van der Waals surface area (Å²) < 4.78 is 5.58. The van der Waals surface area contributed by atoms with Gasteiger partial charge in [-0.25, -0.2) is 4.99 Å². The molecule has 1 fully saturated rings. The molecule has 1 heterocycles. The molecule has 0 spiro atoms. The second-order valence-corrected chi connectivity index (χ2v) is 8.20. The summed E-state index contributed by atoms with van der Waals surface area (Å²) in [6, 6.07) is 8.22. The Labute approximate surface area is 181 Å². The maximum atomic E-state index is 11.6. The average Bonchev–Trinajstić information content (AvgIpc) is 2.72. The van der Waals surface area contributed by atoms with Crippen molar-refractivity contribution in [1.82, 2.24) is 20.9 Å². The number of benzene rings is 1. The standard InChI is InChI=1S/C23H39N5O2/c1-5-24-22(29)17-30-21-9-7-8-19(14-21)15-26-23(25-6-2)27-20-10-12-28(13-11-20)16-18(3)4/h7-9,14,18,20H,5-6,10-13,15-17H2,1-4H3,(H,24,29)(H2,25,26,27). The van der Waals surface area contributed by atoms with Crippen LogP contribution in [0.25, 0.3) is 0 Å². The highest BCUT2D eigenvalue weighted by atomic mass is 16.5. The van der Waals surface area contributed by atoms with E-state index in [1.807, 2.05) is 31.2 Å². The molecule has 0 atom stereocenters. The van der Waals surface area contributed by atoms with Gasteiger partial charge >= 0.3 is 0 Å². The van der Waals surface area contributed by atoms with E-state index < -0.39 is 0 Å². The van der Waals surface area contributed by atoms with Crippen molar-refractivity contribution in [3.05, 3.63) is 29.8 Å². The number of piperidine rings is 1. The number of carbonyl (C=O) groups excluding carboxylic acids is 1. The van der Waals surface area contributed by atoms with Crippen LogP contribution in [0.1, 0.15) is 46.1 Å². The molecule has 7 heteroatoms. The Kier molecular flexibility index (Phi) is 10.5. The Bertz CT molecular complexity index is 669. The molecule has 1 aliphatic heterocycles. The van der Waals surface area contributed by atoms with Gasteiger partial charge in [-0.1, -0.05) is 26.0 Å². The van der Waals surface area contributed by atoms with Crippen LogP contribution in [0.3, 0.4) is 0 Å². The normalized spacial score (nSPS) is 15.8. The average molecular weight is 418 g/mol. The summed E-state index contributed by atoms with van der Waals surface area (Å²) in [7, 11) is 0. The summed E-state index contributed by atoms with van der Waals surface area (Å²) in [5.41, 5.74) is 1.05. The molecule has 0 unspecified atom stereocenters. The molecule has 0 saturated carbocycles. The highest BCUT2D eigenvalue weighted by molar-refractivity contribution is 5.80. The lowest BCUT2D eigenvalue weighted by molar-refractivity contribution is -0.122. The van der Waals surface area contributed by atoms with E-state index in [0.29, 0.717) is 30.8 Å². The smallest absolute Gasteiger partial charge is 0.257 e. The molecule has 30 heavy (non-hydrogen) atoms. The van der Waals surface area contributed by atoms with Crippen LogP contribution in [0.2, 0.25) is 0 Å². The van der Waals surface area contributed by atoms with Gasteiger partial charge in [0.05, 0.1) is 6.54 Å². The molecule has 1 aromatic carbocycles. The van der Waals surface area contributed by atoms with Crippen molar-refractivity contribution >= 4 is 11.9 Å². The summed E-state index contributed by atoms with van der Waals surface area (Å²) in [5.74, 6) is 2.14. The first kappa shape index (κ1) is 24.0. The van der Waals surface area contributed by atoms with Crippen LogP contribution in [-0.4, -0.2) is 62.1 Å². The van der Waals surface area contributed by atoms with E-state index in [0.717, 1.165) is 44.0 Å². The van der Waals surface area contributed by atoms with Crippen molar-refractivity contribution in [3.8, 4) is 5.75 Å². The number of ether oxygens (including phenoxy) is 1. The number of nitrogens with zero attached hydrogens (tertiary/aromatic N) is 2. The predicted molar refractivity (Wildman–Crippen MR) is 123 cm³/mol. The fourth-order valence-corrected chi connectivity index (χ4v) is 3.59. The molecule has 1 aromatic rings. The van der Waals surface area contributed by atoms with E-state index >= 15 is 0 Å². The molecular weight excluding hydrogens is 378 g/mol. The lowest BCUT2D eigenvalue weighted by atomic mass is 10.0. The van der Waals surface area contributed by atoms with Crippen LogP contribution in [-0.2, 0) is 11.3 Å².